The van der Waals surface area contributed by atoms with Crippen molar-refractivity contribution in [2.24, 2.45) is 0 Å². The van der Waals surface area contributed by atoms with Crippen LogP contribution in [0.2, 0.25) is 18.1 Å². The Hall–Kier alpha value is -1.15. The van der Waals surface area contributed by atoms with Crippen LogP contribution >= 0.6 is 0 Å². The topological polar surface area (TPSA) is 48.0 Å². The Bertz CT molecular complexity index is 923. The first-order valence-electron chi connectivity index (χ1n) is 12.5. The van der Waals surface area contributed by atoms with Crippen LogP contribution in [0.5, 0.6) is 0 Å². The summed E-state index contributed by atoms with van der Waals surface area (Å²) in [5, 5.41) is 0.178. The fraction of sp³-hybridized carbons (Fsp3) is 0.731. The van der Waals surface area contributed by atoms with Crippen molar-refractivity contribution in [2.45, 2.75) is 102 Å². The van der Waals surface area contributed by atoms with Crippen molar-refractivity contribution in [3.8, 4) is 0 Å². The van der Waals surface area contributed by atoms with Gasteiger partial charge in [-0.2, -0.15) is 0 Å². The van der Waals surface area contributed by atoms with Crippen LogP contribution in [0.25, 0.3) is 0 Å². The third-order valence-electron chi connectivity index (χ3n) is 9.11. The summed E-state index contributed by atoms with van der Waals surface area (Å²) in [7, 11) is -2.16. The summed E-state index contributed by atoms with van der Waals surface area (Å²) in [5.41, 5.74) is 2.96. The van der Waals surface area contributed by atoms with Crippen LogP contribution in [-0.4, -0.2) is 57.1 Å². The Balaban J connectivity index is 1.50. The summed E-state index contributed by atoms with van der Waals surface area (Å²) >= 11 is 0. The molecule has 0 bridgehead atoms. The highest BCUT2D eigenvalue weighted by atomic mass is 28.4. The van der Waals surface area contributed by atoms with E-state index >= 15 is 0 Å². The molecule has 2 aliphatic heterocycles. The Labute approximate surface area is 201 Å². The van der Waals surface area contributed by atoms with Gasteiger partial charge in [-0.1, -0.05) is 39.0 Å². The Morgan fingerprint density at radius 2 is 1.76 bits per heavy atom. The maximum atomic E-state index is 13.0. The molecule has 1 amide bonds. The van der Waals surface area contributed by atoms with E-state index in [1.54, 1.807) is 0 Å². The lowest BCUT2D eigenvalue weighted by molar-refractivity contribution is -0.128. The molecule has 2 heterocycles. The van der Waals surface area contributed by atoms with Gasteiger partial charge in [0.05, 0.1) is 17.8 Å². The molecule has 5 nitrogen and oxygen atoms in total. The molecule has 1 aromatic carbocycles. The molecule has 7 heteroatoms. The van der Waals surface area contributed by atoms with Crippen LogP contribution < -0.4 is 5.46 Å². The number of fused-ring (bicyclic) bond motifs is 2. The summed E-state index contributed by atoms with van der Waals surface area (Å²) in [5.74, 6) is 0.253. The lowest BCUT2D eigenvalue weighted by atomic mass is 9.73. The fourth-order valence-corrected chi connectivity index (χ4v) is 6.19. The molecule has 2 saturated heterocycles. The van der Waals surface area contributed by atoms with Crippen LogP contribution in [-0.2, 0) is 30.4 Å². The number of carbonyl (C=O) groups is 1. The highest BCUT2D eigenvalue weighted by molar-refractivity contribution is 6.74. The molecular formula is C26H42BNO4Si. The standard InChI is InChI=1S/C26H42BNO4Si/c1-23(2,3)33(8,9)30-16-15-28-18-26(17-22(28)29)14-13-19-20(26)11-10-12-21(19)27-31-24(4,5)25(6,7)32-27/h10-12H,13-18H2,1-9H3/t26-/m0/s1. The number of benzene rings is 1. The fourth-order valence-electron chi connectivity index (χ4n) is 5.16. The predicted molar refractivity (Wildman–Crippen MR) is 137 cm³/mol. The quantitative estimate of drug-likeness (QED) is 0.597. The molecule has 0 unspecified atom stereocenters. The maximum Gasteiger partial charge on any atom is 0.495 e. The first-order valence-corrected chi connectivity index (χ1v) is 15.4. The zero-order chi connectivity index (χ0) is 24.4. The smallest absolute Gasteiger partial charge is 0.415 e. The minimum absolute atomic E-state index is 0.0942. The van der Waals surface area contributed by atoms with Crippen molar-refractivity contribution in [2.75, 3.05) is 19.7 Å². The maximum absolute atomic E-state index is 13.0. The number of carbonyl (C=O) groups excluding carboxylic acids is 1. The predicted octanol–water partition coefficient (Wildman–Crippen LogP) is 4.42. The van der Waals surface area contributed by atoms with E-state index in [0.717, 1.165) is 24.8 Å². The Morgan fingerprint density at radius 1 is 1.12 bits per heavy atom. The largest absolute Gasteiger partial charge is 0.495 e. The minimum atomic E-state index is -1.81. The molecule has 4 rings (SSSR count). The summed E-state index contributed by atoms with van der Waals surface area (Å²) in [6, 6.07) is 6.47. The van der Waals surface area contributed by atoms with Crippen LogP contribution in [0.3, 0.4) is 0 Å². The third kappa shape index (κ3) is 4.24. The molecule has 1 aliphatic carbocycles. The van der Waals surface area contributed by atoms with Gasteiger partial charge in [0.2, 0.25) is 5.91 Å². The van der Waals surface area contributed by atoms with Crippen LogP contribution in [0.15, 0.2) is 18.2 Å². The third-order valence-corrected chi connectivity index (χ3v) is 13.6. The molecule has 33 heavy (non-hydrogen) atoms. The Morgan fingerprint density at radius 3 is 2.36 bits per heavy atom. The molecule has 0 radical (unpaired) electrons. The summed E-state index contributed by atoms with van der Waals surface area (Å²) in [6.45, 7) is 21.8. The molecule has 182 valence electrons. The molecule has 3 aliphatic rings. The van der Waals surface area contributed by atoms with Gasteiger partial charge in [0, 0.05) is 24.9 Å². The lowest BCUT2D eigenvalue weighted by Gasteiger charge is -2.36. The van der Waals surface area contributed by atoms with Crippen molar-refractivity contribution in [1.29, 1.82) is 0 Å². The number of hydrogen-bond donors (Lipinski definition) is 0. The van der Waals surface area contributed by atoms with E-state index in [1.807, 2.05) is 4.90 Å². The van der Waals surface area contributed by atoms with Gasteiger partial charge in [-0.05, 0) is 75.3 Å². The molecule has 0 N–H and O–H groups in total. The second kappa shape index (κ2) is 7.94. The van der Waals surface area contributed by atoms with Gasteiger partial charge < -0.3 is 18.6 Å². The van der Waals surface area contributed by atoms with E-state index in [0.29, 0.717) is 19.6 Å². The van der Waals surface area contributed by atoms with Gasteiger partial charge in [0.25, 0.3) is 0 Å². The van der Waals surface area contributed by atoms with Gasteiger partial charge in [-0.25, -0.2) is 0 Å². The van der Waals surface area contributed by atoms with Gasteiger partial charge >= 0.3 is 7.12 Å². The molecule has 1 spiro atoms. The first kappa shape index (κ1) is 25.0. The first-order chi connectivity index (χ1) is 15.1. The van der Waals surface area contributed by atoms with E-state index in [9.17, 15) is 4.79 Å². The van der Waals surface area contributed by atoms with Crippen molar-refractivity contribution in [3.05, 3.63) is 29.3 Å². The van der Waals surface area contributed by atoms with Gasteiger partial charge in [-0.3, -0.25) is 4.79 Å². The van der Waals surface area contributed by atoms with Crippen LogP contribution in [0.4, 0.5) is 0 Å². The van der Waals surface area contributed by atoms with Gasteiger partial charge in [-0.15, -0.1) is 0 Å². The van der Waals surface area contributed by atoms with Gasteiger partial charge in [0.1, 0.15) is 0 Å². The summed E-state index contributed by atoms with van der Waals surface area (Å²) in [4.78, 5) is 15.1. The molecule has 0 saturated carbocycles. The SMILES string of the molecule is CC1(C)OB(c2cccc3c2CC[C@@]32CC(=O)N(CCO[Si](C)(C)C(C)(C)C)C2)OC1(C)C. The normalized spacial score (nSPS) is 26.5. The van der Waals surface area contributed by atoms with E-state index in [4.69, 9.17) is 13.7 Å². The van der Waals surface area contributed by atoms with Crippen molar-refractivity contribution in [3.63, 3.8) is 0 Å². The number of likely N-dealkylation sites (tertiary alicyclic amines) is 1. The summed E-state index contributed by atoms with van der Waals surface area (Å²) in [6.07, 6.45) is 2.56. The minimum Gasteiger partial charge on any atom is -0.415 e. The average Bonchev–Trinajstić information content (AvgIpc) is 3.26. The zero-order valence-corrected chi connectivity index (χ0v) is 23.1. The zero-order valence-electron chi connectivity index (χ0n) is 22.1. The van der Waals surface area contributed by atoms with Crippen molar-refractivity contribution < 1.29 is 18.5 Å². The number of amides is 1. The molecule has 2 fully saturated rings. The number of rotatable bonds is 5. The Kier molecular flexibility index (Phi) is 6.00. The second-order valence-electron chi connectivity index (χ2n) is 12.8. The van der Waals surface area contributed by atoms with Crippen molar-refractivity contribution in [1.82, 2.24) is 4.90 Å². The van der Waals surface area contributed by atoms with E-state index in [2.05, 4.69) is 79.8 Å². The van der Waals surface area contributed by atoms with Crippen LogP contribution in [0.1, 0.15) is 72.4 Å². The average molecular weight is 472 g/mol. The number of nitrogens with zero attached hydrogens (tertiary/aromatic N) is 1. The molecule has 0 aromatic heterocycles. The van der Waals surface area contributed by atoms with E-state index in [1.165, 1.54) is 11.1 Å². The van der Waals surface area contributed by atoms with E-state index in [-0.39, 0.29) is 34.7 Å². The summed E-state index contributed by atoms with van der Waals surface area (Å²) < 4.78 is 19.1. The van der Waals surface area contributed by atoms with Gasteiger partial charge in [0.15, 0.2) is 8.32 Å². The van der Waals surface area contributed by atoms with Crippen molar-refractivity contribution >= 4 is 26.8 Å². The van der Waals surface area contributed by atoms with Crippen LogP contribution in [0, 0.1) is 0 Å². The molecule has 1 atom stereocenters. The highest BCUT2D eigenvalue weighted by Gasteiger charge is 2.54. The monoisotopic (exact) mass is 471 g/mol. The number of hydrogen-bond acceptors (Lipinski definition) is 4. The molecule has 1 aromatic rings. The van der Waals surface area contributed by atoms with E-state index < -0.39 is 8.32 Å². The lowest BCUT2D eigenvalue weighted by Crippen LogP contribution is -2.43. The molecular weight excluding hydrogens is 429 g/mol. The second-order valence-corrected chi connectivity index (χ2v) is 17.7. The highest BCUT2D eigenvalue weighted by Crippen LogP contribution is 2.46.